The van der Waals surface area contributed by atoms with E-state index >= 15 is 0 Å². The molecule has 0 bridgehead atoms. The fraction of sp³-hybridized carbons (Fsp3) is 0.273. The number of nitrogens with zero attached hydrogens (tertiary/aromatic N) is 2. The zero-order valence-corrected chi connectivity index (χ0v) is 17.4. The normalized spacial score (nSPS) is 13.6. The van der Waals surface area contributed by atoms with E-state index < -0.39 is 0 Å². The van der Waals surface area contributed by atoms with E-state index in [1.165, 1.54) is 5.56 Å². The first-order valence-electron chi connectivity index (χ1n) is 9.84. The average Bonchev–Trinajstić information content (AvgIpc) is 3.44. The monoisotopic (exact) mass is 426 g/mol. The molecule has 0 spiro atoms. The van der Waals surface area contributed by atoms with Gasteiger partial charge in [0, 0.05) is 23.4 Å². The van der Waals surface area contributed by atoms with Crippen molar-refractivity contribution in [1.29, 1.82) is 0 Å². The fourth-order valence-electron chi connectivity index (χ4n) is 3.95. The Balaban J connectivity index is 0.00000218. The summed E-state index contributed by atoms with van der Waals surface area (Å²) in [7, 11) is 0. The Morgan fingerprint density at radius 1 is 1.17 bits per heavy atom. The van der Waals surface area contributed by atoms with Crippen LogP contribution in [0, 0.1) is 0 Å². The van der Waals surface area contributed by atoms with Crippen molar-refractivity contribution in [2.45, 2.75) is 32.6 Å². The third kappa shape index (κ3) is 3.35. The third-order valence-corrected chi connectivity index (χ3v) is 5.53. The minimum Gasteiger partial charge on any atom is -0.454 e. The molecule has 5 rings (SSSR count). The standard InChI is InChI=1S/C22H22N4O3.ClH/c1-2-13-6-8-14(9-7-13)26-18-5-3-4-15(18)21(25-26)22(27)24-17-11-20-19(10-16(17)23)28-12-29-20;/h6-11H,2-5,12,23H2,1H3,(H,24,27);1H. The number of hydrogen-bond acceptors (Lipinski definition) is 5. The Hall–Kier alpha value is -3.19. The molecule has 0 saturated carbocycles. The van der Waals surface area contributed by atoms with Crippen molar-refractivity contribution in [3.63, 3.8) is 0 Å². The molecule has 30 heavy (non-hydrogen) atoms. The predicted molar refractivity (Wildman–Crippen MR) is 117 cm³/mol. The van der Waals surface area contributed by atoms with Crippen LogP contribution >= 0.6 is 12.4 Å². The quantitative estimate of drug-likeness (QED) is 0.617. The molecule has 0 fully saturated rings. The number of hydrogen-bond donors (Lipinski definition) is 2. The van der Waals surface area contributed by atoms with Crippen LogP contribution in [0.25, 0.3) is 5.69 Å². The van der Waals surface area contributed by atoms with Crippen LogP contribution in [0.3, 0.4) is 0 Å². The molecular formula is C22H23ClN4O3. The Kier molecular flexibility index (Phi) is 5.30. The van der Waals surface area contributed by atoms with Crippen LogP contribution in [-0.4, -0.2) is 22.5 Å². The first kappa shape index (κ1) is 20.1. The summed E-state index contributed by atoms with van der Waals surface area (Å²) in [6, 6.07) is 11.7. The zero-order chi connectivity index (χ0) is 20.0. The molecule has 3 aromatic rings. The summed E-state index contributed by atoms with van der Waals surface area (Å²) >= 11 is 0. The van der Waals surface area contributed by atoms with Crippen molar-refractivity contribution >= 4 is 29.7 Å². The minimum atomic E-state index is -0.266. The maximum Gasteiger partial charge on any atom is 0.276 e. The second-order valence-corrected chi connectivity index (χ2v) is 7.31. The zero-order valence-electron chi connectivity index (χ0n) is 16.6. The highest BCUT2D eigenvalue weighted by Crippen LogP contribution is 2.38. The first-order valence-corrected chi connectivity index (χ1v) is 9.84. The van der Waals surface area contributed by atoms with E-state index in [9.17, 15) is 4.79 Å². The fourth-order valence-corrected chi connectivity index (χ4v) is 3.95. The van der Waals surface area contributed by atoms with Gasteiger partial charge in [-0.3, -0.25) is 4.79 Å². The number of aromatic nitrogens is 2. The van der Waals surface area contributed by atoms with Gasteiger partial charge in [-0.2, -0.15) is 5.10 Å². The van der Waals surface area contributed by atoms with Crippen molar-refractivity contribution in [3.8, 4) is 17.2 Å². The lowest BCUT2D eigenvalue weighted by Gasteiger charge is -2.09. The Bertz CT molecular complexity index is 1110. The van der Waals surface area contributed by atoms with Gasteiger partial charge in [0.1, 0.15) is 0 Å². The summed E-state index contributed by atoms with van der Waals surface area (Å²) in [6.07, 6.45) is 3.77. The van der Waals surface area contributed by atoms with Gasteiger partial charge in [0.2, 0.25) is 6.79 Å². The van der Waals surface area contributed by atoms with E-state index in [1.54, 1.807) is 12.1 Å². The number of halogens is 1. The molecule has 1 aliphatic heterocycles. The molecule has 3 N–H and O–H groups in total. The summed E-state index contributed by atoms with van der Waals surface area (Å²) in [5.74, 6) is 0.889. The summed E-state index contributed by atoms with van der Waals surface area (Å²) in [4.78, 5) is 13.1. The van der Waals surface area contributed by atoms with Gasteiger partial charge < -0.3 is 20.5 Å². The molecule has 0 saturated heterocycles. The molecule has 2 heterocycles. The van der Waals surface area contributed by atoms with Crippen LogP contribution in [0.5, 0.6) is 11.5 Å². The van der Waals surface area contributed by atoms with Gasteiger partial charge in [-0.1, -0.05) is 19.1 Å². The maximum absolute atomic E-state index is 13.1. The molecule has 1 amide bonds. The molecule has 1 aromatic heterocycles. The van der Waals surface area contributed by atoms with Crippen molar-refractivity contribution in [2.24, 2.45) is 0 Å². The van der Waals surface area contributed by atoms with E-state index in [-0.39, 0.29) is 25.1 Å². The molecule has 0 radical (unpaired) electrons. The van der Waals surface area contributed by atoms with Gasteiger partial charge in [-0.05, 0) is 43.4 Å². The van der Waals surface area contributed by atoms with Crippen LogP contribution in [-0.2, 0) is 19.3 Å². The number of benzene rings is 2. The Morgan fingerprint density at radius 2 is 1.90 bits per heavy atom. The molecular weight excluding hydrogens is 404 g/mol. The molecule has 8 heteroatoms. The molecule has 0 atom stereocenters. The average molecular weight is 427 g/mol. The predicted octanol–water partition coefficient (Wildman–Crippen LogP) is 3.91. The van der Waals surface area contributed by atoms with Crippen molar-refractivity contribution in [3.05, 3.63) is 58.9 Å². The smallest absolute Gasteiger partial charge is 0.276 e. The lowest BCUT2D eigenvalue weighted by atomic mass is 10.1. The summed E-state index contributed by atoms with van der Waals surface area (Å²) in [6.45, 7) is 2.28. The van der Waals surface area contributed by atoms with E-state index in [4.69, 9.17) is 15.2 Å². The van der Waals surface area contributed by atoms with Gasteiger partial charge in [0.05, 0.1) is 17.1 Å². The summed E-state index contributed by atoms with van der Waals surface area (Å²) in [5, 5.41) is 7.56. The Labute approximate surface area is 180 Å². The van der Waals surface area contributed by atoms with Gasteiger partial charge in [0.25, 0.3) is 5.91 Å². The number of nitrogen functional groups attached to an aromatic ring is 1. The molecule has 2 aliphatic rings. The van der Waals surface area contributed by atoms with Gasteiger partial charge in [-0.15, -0.1) is 12.4 Å². The van der Waals surface area contributed by atoms with E-state index in [0.29, 0.717) is 28.6 Å². The van der Waals surface area contributed by atoms with Gasteiger partial charge in [-0.25, -0.2) is 4.68 Å². The molecule has 7 nitrogen and oxygen atoms in total. The highest BCUT2D eigenvalue weighted by Gasteiger charge is 2.27. The van der Waals surface area contributed by atoms with Crippen LogP contribution < -0.4 is 20.5 Å². The van der Waals surface area contributed by atoms with E-state index in [2.05, 4.69) is 41.6 Å². The lowest BCUT2D eigenvalue weighted by molar-refractivity contribution is 0.102. The van der Waals surface area contributed by atoms with E-state index in [0.717, 1.165) is 42.6 Å². The number of ether oxygens (including phenoxy) is 2. The number of nitrogens with two attached hydrogens (primary N) is 1. The largest absolute Gasteiger partial charge is 0.454 e. The summed E-state index contributed by atoms with van der Waals surface area (Å²) in [5.41, 5.74) is 11.8. The third-order valence-electron chi connectivity index (χ3n) is 5.53. The van der Waals surface area contributed by atoms with E-state index in [1.807, 2.05) is 4.68 Å². The van der Waals surface area contributed by atoms with Crippen LogP contribution in [0.1, 0.15) is 40.7 Å². The highest BCUT2D eigenvalue weighted by atomic mass is 35.5. The molecule has 2 aromatic carbocycles. The number of carbonyl (C=O) groups excluding carboxylic acids is 1. The van der Waals surface area contributed by atoms with Crippen molar-refractivity contribution in [2.75, 3.05) is 17.8 Å². The number of anilines is 2. The number of fused-ring (bicyclic) bond motifs is 2. The van der Waals surface area contributed by atoms with Crippen LogP contribution in [0.4, 0.5) is 11.4 Å². The van der Waals surface area contributed by atoms with Crippen LogP contribution in [0.2, 0.25) is 0 Å². The van der Waals surface area contributed by atoms with Crippen LogP contribution in [0.15, 0.2) is 36.4 Å². The van der Waals surface area contributed by atoms with Gasteiger partial charge >= 0.3 is 0 Å². The number of nitrogens with one attached hydrogen (secondary N) is 1. The SMILES string of the molecule is CCc1ccc(-n2nc(C(=O)Nc3cc4c(cc3N)OCO4)c3c2CCC3)cc1.Cl. The molecule has 1 aliphatic carbocycles. The molecule has 0 unspecified atom stereocenters. The summed E-state index contributed by atoms with van der Waals surface area (Å²) < 4.78 is 12.6. The number of amides is 1. The minimum absolute atomic E-state index is 0. The second kappa shape index (κ2) is 7.91. The maximum atomic E-state index is 13.1. The second-order valence-electron chi connectivity index (χ2n) is 7.31. The molecule has 156 valence electrons. The highest BCUT2D eigenvalue weighted by molar-refractivity contribution is 6.06. The van der Waals surface area contributed by atoms with Gasteiger partial charge in [0.15, 0.2) is 17.2 Å². The lowest BCUT2D eigenvalue weighted by Crippen LogP contribution is -2.16. The topological polar surface area (TPSA) is 91.4 Å². The first-order chi connectivity index (χ1) is 14.1. The van der Waals surface area contributed by atoms with Crippen molar-refractivity contribution in [1.82, 2.24) is 9.78 Å². The number of rotatable bonds is 4. The number of carbonyl (C=O) groups is 1. The van der Waals surface area contributed by atoms with Crippen molar-refractivity contribution < 1.29 is 14.3 Å². The number of aryl methyl sites for hydroxylation is 1. The Morgan fingerprint density at radius 3 is 2.63 bits per heavy atom.